The third-order valence-corrected chi connectivity index (χ3v) is 3.29. The summed E-state index contributed by atoms with van der Waals surface area (Å²) < 4.78 is 52.8. The molecular weight excluding hydrogens is 340 g/mol. The van der Waals surface area contributed by atoms with Gasteiger partial charge in [0, 0.05) is 19.3 Å². The molecule has 1 N–H and O–H groups in total. The molecule has 0 unspecified atom stereocenters. The van der Waals surface area contributed by atoms with Gasteiger partial charge >= 0.3 is 6.36 Å². The average molecular weight is 356 g/mol. The molecule has 0 fully saturated rings. The van der Waals surface area contributed by atoms with Gasteiger partial charge in [-0.05, 0) is 42.0 Å². The molecule has 134 valence electrons. The van der Waals surface area contributed by atoms with Crippen molar-refractivity contribution < 1.29 is 27.1 Å². The number of carbonyl (C=O) groups excluding carboxylic acids is 1. The monoisotopic (exact) mass is 356 g/mol. The highest BCUT2D eigenvalue weighted by Crippen LogP contribution is 2.23. The maximum absolute atomic E-state index is 12.8. The van der Waals surface area contributed by atoms with Crippen molar-refractivity contribution in [3.63, 3.8) is 0 Å². The Morgan fingerprint density at radius 3 is 2.24 bits per heavy atom. The summed E-state index contributed by atoms with van der Waals surface area (Å²) in [5.74, 6) is -0.907. The largest absolute Gasteiger partial charge is 0.573 e. The number of amides is 1. The number of likely N-dealkylation sites (N-methyl/N-ethyl adjacent to an activating group) is 1. The summed E-state index contributed by atoms with van der Waals surface area (Å²) in [6.45, 7) is 0.288. The SMILES string of the molecule is CN(Cc1ccc(F)cc1)C(=O)CNc1ccc(OC(F)(F)F)cc1. The van der Waals surface area contributed by atoms with E-state index in [-0.39, 0.29) is 24.0 Å². The highest BCUT2D eigenvalue weighted by atomic mass is 19.4. The molecule has 0 radical (unpaired) electrons. The molecule has 0 aliphatic carbocycles. The summed E-state index contributed by atoms with van der Waals surface area (Å²) >= 11 is 0. The normalized spacial score (nSPS) is 11.1. The number of nitrogens with zero attached hydrogens (tertiary/aromatic N) is 1. The van der Waals surface area contributed by atoms with Gasteiger partial charge in [0.15, 0.2) is 0 Å². The molecular formula is C17H16F4N2O2. The van der Waals surface area contributed by atoms with E-state index >= 15 is 0 Å². The maximum atomic E-state index is 12.8. The Morgan fingerprint density at radius 2 is 1.68 bits per heavy atom. The molecule has 0 bridgehead atoms. The lowest BCUT2D eigenvalue weighted by atomic mass is 10.2. The van der Waals surface area contributed by atoms with Gasteiger partial charge in [-0.1, -0.05) is 12.1 Å². The zero-order valence-electron chi connectivity index (χ0n) is 13.3. The number of hydrogen-bond acceptors (Lipinski definition) is 3. The van der Waals surface area contributed by atoms with Crippen molar-refractivity contribution >= 4 is 11.6 Å². The first-order chi connectivity index (χ1) is 11.7. The molecule has 0 saturated carbocycles. The number of carbonyl (C=O) groups is 1. The van der Waals surface area contributed by atoms with Crippen molar-refractivity contribution in [2.75, 3.05) is 18.9 Å². The lowest BCUT2D eigenvalue weighted by Gasteiger charge is -2.18. The Kier molecular flexibility index (Phi) is 5.84. The molecule has 2 aromatic rings. The molecule has 0 heterocycles. The predicted octanol–water partition coefficient (Wildman–Crippen LogP) is 3.79. The second kappa shape index (κ2) is 7.87. The van der Waals surface area contributed by atoms with Crippen molar-refractivity contribution in [2.45, 2.75) is 12.9 Å². The second-order valence-electron chi connectivity index (χ2n) is 5.30. The van der Waals surface area contributed by atoms with Crippen LogP contribution in [0.4, 0.5) is 23.2 Å². The van der Waals surface area contributed by atoms with Crippen LogP contribution >= 0.6 is 0 Å². The molecule has 1 amide bonds. The van der Waals surface area contributed by atoms with Crippen molar-refractivity contribution in [1.82, 2.24) is 4.90 Å². The van der Waals surface area contributed by atoms with Crippen LogP contribution in [0.5, 0.6) is 5.75 Å². The van der Waals surface area contributed by atoms with Crippen LogP contribution in [0.2, 0.25) is 0 Å². The average Bonchev–Trinajstić information content (AvgIpc) is 2.54. The minimum atomic E-state index is -4.74. The van der Waals surface area contributed by atoms with Crippen LogP contribution in [0, 0.1) is 5.82 Å². The second-order valence-corrected chi connectivity index (χ2v) is 5.30. The zero-order chi connectivity index (χ0) is 18.4. The number of rotatable bonds is 6. The van der Waals surface area contributed by atoms with Crippen LogP contribution in [-0.4, -0.2) is 30.8 Å². The molecule has 4 nitrogen and oxygen atoms in total. The minimum absolute atomic E-state index is 0.0306. The summed E-state index contributed by atoms with van der Waals surface area (Å²) in [5.41, 5.74) is 1.27. The first-order valence-corrected chi connectivity index (χ1v) is 7.31. The number of alkyl halides is 3. The smallest absolute Gasteiger partial charge is 0.406 e. The van der Waals surface area contributed by atoms with E-state index in [1.807, 2.05) is 0 Å². The molecule has 0 spiro atoms. The van der Waals surface area contributed by atoms with E-state index in [9.17, 15) is 22.4 Å². The Hall–Kier alpha value is -2.77. The van der Waals surface area contributed by atoms with Gasteiger partial charge in [0.25, 0.3) is 0 Å². The number of benzene rings is 2. The van der Waals surface area contributed by atoms with Gasteiger partial charge < -0.3 is 15.0 Å². The van der Waals surface area contributed by atoms with Crippen molar-refractivity contribution in [3.8, 4) is 5.75 Å². The third-order valence-electron chi connectivity index (χ3n) is 3.29. The van der Waals surface area contributed by atoms with Gasteiger partial charge in [-0.25, -0.2) is 4.39 Å². The first-order valence-electron chi connectivity index (χ1n) is 7.31. The fourth-order valence-electron chi connectivity index (χ4n) is 2.04. The number of ether oxygens (including phenoxy) is 1. The molecule has 0 aliphatic rings. The standard InChI is InChI=1S/C17H16F4N2O2/c1-23(11-12-2-4-13(18)5-3-12)16(24)10-22-14-6-8-15(9-7-14)25-17(19,20)21/h2-9,22H,10-11H2,1H3. The summed E-state index contributed by atoms with van der Waals surface area (Å²) in [7, 11) is 1.60. The Labute approximate surface area is 142 Å². The quantitative estimate of drug-likeness (QED) is 0.801. The van der Waals surface area contributed by atoms with E-state index in [4.69, 9.17) is 0 Å². The van der Waals surface area contributed by atoms with Crippen LogP contribution in [0.3, 0.4) is 0 Å². The molecule has 8 heteroatoms. The fraction of sp³-hybridized carbons (Fsp3) is 0.235. The minimum Gasteiger partial charge on any atom is -0.406 e. The van der Waals surface area contributed by atoms with E-state index in [1.165, 1.54) is 29.2 Å². The maximum Gasteiger partial charge on any atom is 0.573 e. The highest BCUT2D eigenvalue weighted by Gasteiger charge is 2.30. The van der Waals surface area contributed by atoms with E-state index < -0.39 is 6.36 Å². The van der Waals surface area contributed by atoms with Crippen LogP contribution in [0.1, 0.15) is 5.56 Å². The van der Waals surface area contributed by atoms with Gasteiger partial charge in [-0.15, -0.1) is 13.2 Å². The number of anilines is 1. The number of nitrogens with one attached hydrogen (secondary N) is 1. The zero-order valence-corrected chi connectivity index (χ0v) is 13.3. The Balaban J connectivity index is 1.83. The topological polar surface area (TPSA) is 41.6 Å². The van der Waals surface area contributed by atoms with Crippen LogP contribution in [-0.2, 0) is 11.3 Å². The number of hydrogen-bond donors (Lipinski definition) is 1. The van der Waals surface area contributed by atoms with Crippen molar-refractivity contribution in [2.24, 2.45) is 0 Å². The molecule has 0 saturated heterocycles. The van der Waals surface area contributed by atoms with E-state index in [0.717, 1.165) is 17.7 Å². The van der Waals surface area contributed by atoms with Gasteiger partial charge in [-0.2, -0.15) is 0 Å². The van der Waals surface area contributed by atoms with Gasteiger partial charge in [-0.3, -0.25) is 4.79 Å². The lowest BCUT2D eigenvalue weighted by Crippen LogP contribution is -2.31. The third kappa shape index (κ3) is 6.33. The Morgan fingerprint density at radius 1 is 1.08 bits per heavy atom. The molecule has 0 aromatic heterocycles. The van der Waals surface area contributed by atoms with Crippen LogP contribution in [0.25, 0.3) is 0 Å². The summed E-state index contributed by atoms with van der Waals surface area (Å²) in [4.78, 5) is 13.5. The number of halogens is 4. The fourth-order valence-corrected chi connectivity index (χ4v) is 2.04. The highest BCUT2D eigenvalue weighted by molar-refractivity contribution is 5.80. The molecule has 2 rings (SSSR count). The van der Waals surface area contributed by atoms with E-state index in [1.54, 1.807) is 19.2 Å². The van der Waals surface area contributed by atoms with E-state index in [2.05, 4.69) is 10.1 Å². The van der Waals surface area contributed by atoms with Crippen molar-refractivity contribution in [1.29, 1.82) is 0 Å². The van der Waals surface area contributed by atoms with Crippen LogP contribution in [0.15, 0.2) is 48.5 Å². The molecule has 0 atom stereocenters. The summed E-state index contributed by atoms with van der Waals surface area (Å²) in [5, 5.41) is 2.82. The first kappa shape index (κ1) is 18.6. The Bertz CT molecular complexity index is 700. The van der Waals surface area contributed by atoms with Crippen molar-refractivity contribution in [3.05, 3.63) is 59.9 Å². The molecule has 2 aromatic carbocycles. The summed E-state index contributed by atoms with van der Waals surface area (Å²) in [6.07, 6.45) is -4.74. The summed E-state index contributed by atoms with van der Waals surface area (Å²) in [6, 6.07) is 10.9. The lowest BCUT2D eigenvalue weighted by molar-refractivity contribution is -0.274. The van der Waals surface area contributed by atoms with Gasteiger partial charge in [0.2, 0.25) is 5.91 Å². The predicted molar refractivity (Wildman–Crippen MR) is 84.5 cm³/mol. The van der Waals surface area contributed by atoms with E-state index in [0.29, 0.717) is 12.2 Å². The van der Waals surface area contributed by atoms with Gasteiger partial charge in [0.05, 0.1) is 6.54 Å². The van der Waals surface area contributed by atoms with Crippen LogP contribution < -0.4 is 10.1 Å². The molecule has 0 aliphatic heterocycles. The van der Waals surface area contributed by atoms with Gasteiger partial charge in [0.1, 0.15) is 11.6 Å². The molecule has 25 heavy (non-hydrogen) atoms.